The third-order valence-corrected chi connectivity index (χ3v) is 4.17. The predicted octanol–water partition coefficient (Wildman–Crippen LogP) is 0.897. The molecule has 0 spiro atoms. The molecule has 112 valence electrons. The zero-order chi connectivity index (χ0) is 15.3. The zero-order valence-electron chi connectivity index (χ0n) is 11.7. The summed E-state index contributed by atoms with van der Waals surface area (Å²) in [5.41, 5.74) is 2.76. The van der Waals surface area contributed by atoms with Crippen molar-refractivity contribution >= 4 is 10.0 Å². The minimum absolute atomic E-state index is 0.0582. The first-order valence-corrected chi connectivity index (χ1v) is 8.07. The van der Waals surface area contributed by atoms with Gasteiger partial charge in [-0.1, -0.05) is 24.3 Å². The Morgan fingerprint density at radius 3 is 2.33 bits per heavy atom. The molecular weight excluding hydrogens is 290 g/mol. The van der Waals surface area contributed by atoms with E-state index >= 15 is 0 Å². The second kappa shape index (κ2) is 6.75. The van der Waals surface area contributed by atoms with E-state index in [9.17, 15) is 8.42 Å². The number of aromatic nitrogens is 2. The third kappa shape index (κ3) is 4.89. The number of hydrogen-bond donors (Lipinski definition) is 2. The van der Waals surface area contributed by atoms with Gasteiger partial charge in [0.1, 0.15) is 0 Å². The molecule has 0 unspecified atom stereocenters. The fraction of sp³-hybridized carbons (Fsp3) is 0.286. The molecule has 21 heavy (non-hydrogen) atoms. The second-order valence-corrected chi connectivity index (χ2v) is 6.51. The first-order valence-electron chi connectivity index (χ1n) is 6.42. The maximum atomic E-state index is 12.0. The molecule has 0 aliphatic heterocycles. The number of aryl methyl sites for hydroxylation is 1. The van der Waals surface area contributed by atoms with Gasteiger partial charge in [0.2, 0.25) is 10.0 Å². The van der Waals surface area contributed by atoms with E-state index in [1.165, 1.54) is 0 Å². The normalized spacial score (nSPS) is 11.5. The lowest BCUT2D eigenvalue weighted by molar-refractivity contribution is 0.282. The molecule has 0 amide bonds. The van der Waals surface area contributed by atoms with Crippen LogP contribution in [0.3, 0.4) is 0 Å². The van der Waals surface area contributed by atoms with Gasteiger partial charge in [-0.05, 0) is 18.1 Å². The highest BCUT2D eigenvalue weighted by Crippen LogP contribution is 2.08. The Morgan fingerprint density at radius 2 is 1.76 bits per heavy atom. The molecule has 0 atom stereocenters. The summed E-state index contributed by atoms with van der Waals surface area (Å²) >= 11 is 0. The predicted molar refractivity (Wildman–Crippen MR) is 78.6 cm³/mol. The molecule has 2 rings (SSSR count). The molecule has 1 aromatic heterocycles. The maximum absolute atomic E-state index is 12.0. The molecule has 0 radical (unpaired) electrons. The maximum Gasteiger partial charge on any atom is 0.216 e. The third-order valence-electron chi connectivity index (χ3n) is 2.87. The minimum Gasteiger partial charge on any atom is -0.392 e. The fourth-order valence-electron chi connectivity index (χ4n) is 1.71. The molecule has 0 fully saturated rings. The van der Waals surface area contributed by atoms with Crippen molar-refractivity contribution in [2.24, 2.45) is 0 Å². The van der Waals surface area contributed by atoms with E-state index in [-0.39, 0.29) is 18.9 Å². The number of rotatable bonds is 6. The summed E-state index contributed by atoms with van der Waals surface area (Å²) in [5.74, 6) is -0.113. The van der Waals surface area contributed by atoms with Gasteiger partial charge >= 0.3 is 0 Å². The monoisotopic (exact) mass is 307 g/mol. The Morgan fingerprint density at radius 1 is 1.10 bits per heavy atom. The van der Waals surface area contributed by atoms with Gasteiger partial charge in [0.15, 0.2) is 0 Å². The molecule has 0 aliphatic carbocycles. The minimum atomic E-state index is -3.44. The molecule has 0 saturated heterocycles. The lowest BCUT2D eigenvalue weighted by Gasteiger charge is -2.07. The molecule has 7 heteroatoms. The van der Waals surface area contributed by atoms with Crippen LogP contribution in [-0.4, -0.2) is 23.5 Å². The van der Waals surface area contributed by atoms with Gasteiger partial charge in [0.05, 0.1) is 36.5 Å². The van der Waals surface area contributed by atoms with E-state index in [0.717, 1.165) is 11.3 Å². The Labute approximate surface area is 123 Å². The number of benzene rings is 1. The summed E-state index contributed by atoms with van der Waals surface area (Å²) in [6, 6.07) is 6.79. The van der Waals surface area contributed by atoms with Gasteiger partial charge in [-0.15, -0.1) is 0 Å². The molecule has 0 saturated carbocycles. The molecule has 2 aromatic rings. The van der Waals surface area contributed by atoms with Crippen LogP contribution in [0.15, 0.2) is 36.7 Å². The highest BCUT2D eigenvalue weighted by Gasteiger charge is 2.11. The van der Waals surface area contributed by atoms with Crippen molar-refractivity contribution in [3.8, 4) is 0 Å². The first kappa shape index (κ1) is 15.6. The molecule has 1 heterocycles. The summed E-state index contributed by atoms with van der Waals surface area (Å²) in [5, 5.41) is 8.95. The van der Waals surface area contributed by atoms with Crippen molar-refractivity contribution in [1.29, 1.82) is 0 Å². The lowest BCUT2D eigenvalue weighted by Crippen LogP contribution is -2.25. The van der Waals surface area contributed by atoms with E-state index in [2.05, 4.69) is 14.7 Å². The van der Waals surface area contributed by atoms with E-state index in [0.29, 0.717) is 11.3 Å². The van der Waals surface area contributed by atoms with Crippen molar-refractivity contribution in [2.45, 2.75) is 25.8 Å². The molecule has 0 bridgehead atoms. The van der Waals surface area contributed by atoms with Crippen molar-refractivity contribution < 1.29 is 13.5 Å². The number of hydrogen-bond acceptors (Lipinski definition) is 5. The van der Waals surface area contributed by atoms with Crippen LogP contribution < -0.4 is 4.72 Å². The molecule has 0 aliphatic rings. The Bertz CT molecular complexity index is 682. The first-order chi connectivity index (χ1) is 9.98. The van der Waals surface area contributed by atoms with Crippen LogP contribution in [-0.2, 0) is 28.9 Å². The van der Waals surface area contributed by atoms with Gasteiger partial charge < -0.3 is 5.11 Å². The van der Waals surface area contributed by atoms with Crippen LogP contribution >= 0.6 is 0 Å². The van der Waals surface area contributed by atoms with Crippen molar-refractivity contribution in [2.75, 3.05) is 0 Å². The summed E-state index contributed by atoms with van der Waals surface area (Å²) in [6.45, 7) is 1.87. The number of aliphatic hydroxyl groups is 1. The van der Waals surface area contributed by atoms with Crippen LogP contribution in [0.5, 0.6) is 0 Å². The number of nitrogens with zero attached hydrogens (tertiary/aromatic N) is 2. The Balaban J connectivity index is 1.96. The topological polar surface area (TPSA) is 92.2 Å². The zero-order valence-corrected chi connectivity index (χ0v) is 12.5. The molecule has 1 aromatic carbocycles. The SMILES string of the molecule is Cc1cnc(CNS(=O)(=O)Cc2ccc(CO)cc2)cn1. The van der Waals surface area contributed by atoms with Gasteiger partial charge in [-0.25, -0.2) is 13.1 Å². The van der Waals surface area contributed by atoms with Crippen molar-refractivity contribution in [1.82, 2.24) is 14.7 Å². The van der Waals surface area contributed by atoms with E-state index in [1.807, 2.05) is 6.92 Å². The molecule has 2 N–H and O–H groups in total. The highest BCUT2D eigenvalue weighted by atomic mass is 32.2. The second-order valence-electron chi connectivity index (χ2n) is 4.70. The van der Waals surface area contributed by atoms with Crippen LogP contribution in [0.25, 0.3) is 0 Å². The molecular formula is C14H17N3O3S. The van der Waals surface area contributed by atoms with Crippen LogP contribution in [0.4, 0.5) is 0 Å². The smallest absolute Gasteiger partial charge is 0.216 e. The van der Waals surface area contributed by atoms with Crippen LogP contribution in [0.1, 0.15) is 22.5 Å². The fourth-order valence-corrected chi connectivity index (χ4v) is 2.81. The number of aliphatic hydroxyl groups excluding tert-OH is 1. The van der Waals surface area contributed by atoms with Crippen molar-refractivity contribution in [3.05, 3.63) is 59.2 Å². The Hall–Kier alpha value is -1.83. The molecule has 6 nitrogen and oxygen atoms in total. The van der Waals surface area contributed by atoms with Gasteiger partial charge in [-0.3, -0.25) is 9.97 Å². The average molecular weight is 307 g/mol. The van der Waals surface area contributed by atoms with Crippen LogP contribution in [0.2, 0.25) is 0 Å². The number of sulfonamides is 1. The van der Waals surface area contributed by atoms with Gasteiger partial charge in [0.25, 0.3) is 0 Å². The largest absolute Gasteiger partial charge is 0.392 e. The van der Waals surface area contributed by atoms with Crippen molar-refractivity contribution in [3.63, 3.8) is 0 Å². The summed E-state index contributed by atoms with van der Waals surface area (Å²) in [7, 11) is -3.44. The standard InChI is InChI=1S/C14H17N3O3S/c1-11-6-16-14(7-15-11)8-17-21(19,20)10-13-4-2-12(9-18)3-5-13/h2-7,17-18H,8-10H2,1H3. The van der Waals surface area contributed by atoms with Crippen LogP contribution in [0, 0.1) is 6.92 Å². The lowest BCUT2D eigenvalue weighted by atomic mass is 10.2. The van der Waals surface area contributed by atoms with E-state index in [1.54, 1.807) is 36.7 Å². The summed E-state index contributed by atoms with van der Waals surface area (Å²) < 4.78 is 26.5. The van der Waals surface area contributed by atoms with Gasteiger partial charge in [-0.2, -0.15) is 0 Å². The Kier molecular flexibility index (Phi) is 5.00. The van der Waals surface area contributed by atoms with Gasteiger partial charge in [0, 0.05) is 6.20 Å². The summed E-state index contributed by atoms with van der Waals surface area (Å²) in [4.78, 5) is 8.16. The quantitative estimate of drug-likeness (QED) is 0.827. The van der Waals surface area contributed by atoms with E-state index in [4.69, 9.17) is 5.11 Å². The number of nitrogens with one attached hydrogen (secondary N) is 1. The average Bonchev–Trinajstić information content (AvgIpc) is 2.47. The summed E-state index contributed by atoms with van der Waals surface area (Å²) in [6.07, 6.45) is 3.14. The van der Waals surface area contributed by atoms with E-state index < -0.39 is 10.0 Å². The highest BCUT2D eigenvalue weighted by molar-refractivity contribution is 7.88.